The summed E-state index contributed by atoms with van der Waals surface area (Å²) < 4.78 is 49.2. The van der Waals surface area contributed by atoms with Crippen LogP contribution in [0.1, 0.15) is 13.8 Å². The summed E-state index contributed by atoms with van der Waals surface area (Å²) in [6.45, 7) is 2.21. The van der Waals surface area contributed by atoms with E-state index in [0.29, 0.717) is 0 Å². The minimum Gasteiger partial charge on any atom is -0.478 e. The van der Waals surface area contributed by atoms with Gasteiger partial charge in [0.15, 0.2) is 6.17 Å². The molecule has 1 unspecified atom stereocenters. The maximum atomic E-state index is 12.9. The van der Waals surface area contributed by atoms with Crippen LogP contribution in [0.15, 0.2) is 0 Å². The van der Waals surface area contributed by atoms with Crippen molar-refractivity contribution >= 4 is 5.97 Å². The highest BCUT2D eigenvalue weighted by molar-refractivity contribution is 5.77. The van der Waals surface area contributed by atoms with Gasteiger partial charge < -0.3 is 5.11 Å². The van der Waals surface area contributed by atoms with Gasteiger partial charge in [0.05, 0.1) is 5.34 Å². The maximum absolute atomic E-state index is 12.9. The summed E-state index contributed by atoms with van der Waals surface area (Å²) in [7, 11) is 0. The molecule has 1 N–H and O–H groups in total. The summed E-state index contributed by atoms with van der Waals surface area (Å²) in [5, 5.41) is 5.82. The molecule has 0 rings (SSSR count). The number of nitrogens with zero attached hydrogens (tertiary/aromatic N) is 1. The predicted octanol–water partition coefficient (Wildman–Crippen LogP) is 1.80. The van der Waals surface area contributed by atoms with Crippen LogP contribution in [-0.4, -0.2) is 28.4 Å². The standard InChI is InChI=1S/C6H9F4NO2/c1-3(2)4(7)6(8,5(12)13)11(9)10/h3-4H,1-2H3,(H,12,13)/t4?,6-/m0/s1. The van der Waals surface area contributed by atoms with E-state index in [9.17, 15) is 22.5 Å². The third-order valence-electron chi connectivity index (χ3n) is 1.50. The van der Waals surface area contributed by atoms with Crippen LogP contribution in [-0.2, 0) is 4.79 Å². The summed E-state index contributed by atoms with van der Waals surface area (Å²) in [6.07, 6.45) is -2.79. The zero-order valence-electron chi connectivity index (χ0n) is 6.97. The van der Waals surface area contributed by atoms with Crippen molar-refractivity contribution in [2.75, 3.05) is 0 Å². The molecule has 0 aromatic rings. The number of hydrogen-bond acceptors (Lipinski definition) is 2. The van der Waals surface area contributed by atoms with Crippen LogP contribution >= 0.6 is 0 Å². The maximum Gasteiger partial charge on any atom is 0.365 e. The van der Waals surface area contributed by atoms with E-state index in [4.69, 9.17) is 5.11 Å². The zero-order valence-corrected chi connectivity index (χ0v) is 6.97. The molecule has 0 aromatic carbocycles. The fourth-order valence-electron chi connectivity index (χ4n) is 0.725. The van der Waals surface area contributed by atoms with Crippen molar-refractivity contribution in [1.29, 1.82) is 0 Å². The molecule has 0 amide bonds. The van der Waals surface area contributed by atoms with Crippen molar-refractivity contribution in [3.8, 4) is 0 Å². The molecule has 2 atom stereocenters. The van der Waals surface area contributed by atoms with E-state index < -0.39 is 29.2 Å². The number of carboxylic acid groups (broad SMARTS) is 1. The lowest BCUT2D eigenvalue weighted by Gasteiger charge is -2.25. The van der Waals surface area contributed by atoms with Gasteiger partial charge in [0.2, 0.25) is 0 Å². The molecular formula is C6H9F4NO2. The Morgan fingerprint density at radius 3 is 1.92 bits per heavy atom. The summed E-state index contributed by atoms with van der Waals surface area (Å²) in [4.78, 5) is 10.1. The quantitative estimate of drug-likeness (QED) is 0.430. The number of carboxylic acids is 1. The van der Waals surface area contributed by atoms with Crippen molar-refractivity contribution < 1.29 is 27.6 Å². The predicted molar refractivity (Wildman–Crippen MR) is 35.3 cm³/mol. The Labute approximate surface area is 71.8 Å². The number of aliphatic carboxylic acids is 1. The first-order chi connectivity index (χ1) is 5.74. The lowest BCUT2D eigenvalue weighted by molar-refractivity contribution is -0.296. The number of alkyl halides is 2. The van der Waals surface area contributed by atoms with E-state index in [0.717, 1.165) is 13.8 Å². The smallest absolute Gasteiger partial charge is 0.365 e. The molecule has 78 valence electrons. The lowest BCUT2D eigenvalue weighted by atomic mass is 10.00. The second kappa shape index (κ2) is 3.91. The summed E-state index contributed by atoms with van der Waals surface area (Å²) in [6, 6.07) is 0. The van der Waals surface area contributed by atoms with Gasteiger partial charge in [-0.3, -0.25) is 0 Å². The molecule has 0 heterocycles. The topological polar surface area (TPSA) is 40.5 Å². The van der Waals surface area contributed by atoms with Crippen molar-refractivity contribution in [1.82, 2.24) is 5.34 Å². The SMILES string of the molecule is CC(C)C(F)[C@@](F)(C(=O)O)N(F)F. The minimum absolute atomic E-state index is 1.10. The van der Waals surface area contributed by atoms with Gasteiger partial charge in [-0.1, -0.05) is 22.8 Å². The van der Waals surface area contributed by atoms with Crippen LogP contribution < -0.4 is 0 Å². The molecule has 0 aromatic heterocycles. The summed E-state index contributed by atoms with van der Waals surface area (Å²) >= 11 is 0. The number of rotatable bonds is 4. The largest absolute Gasteiger partial charge is 0.478 e. The van der Waals surface area contributed by atoms with E-state index in [-0.39, 0.29) is 0 Å². The lowest BCUT2D eigenvalue weighted by Crippen LogP contribution is -2.53. The van der Waals surface area contributed by atoms with Gasteiger partial charge in [-0.05, 0) is 5.92 Å². The fourth-order valence-corrected chi connectivity index (χ4v) is 0.725. The van der Waals surface area contributed by atoms with Gasteiger partial charge in [0, 0.05) is 0 Å². The van der Waals surface area contributed by atoms with Gasteiger partial charge in [-0.25, -0.2) is 13.6 Å². The molecule has 3 nitrogen and oxygen atoms in total. The van der Waals surface area contributed by atoms with Gasteiger partial charge in [-0.15, -0.1) is 0 Å². The molecule has 7 heteroatoms. The molecule has 0 saturated heterocycles. The Morgan fingerprint density at radius 1 is 1.46 bits per heavy atom. The highest BCUT2D eigenvalue weighted by atomic mass is 19.4. The zero-order chi connectivity index (χ0) is 10.8. The van der Waals surface area contributed by atoms with Crippen molar-refractivity contribution in [2.24, 2.45) is 5.92 Å². The Bertz CT molecular complexity index is 199. The van der Waals surface area contributed by atoms with Crippen LogP contribution in [0, 0.1) is 5.92 Å². The van der Waals surface area contributed by atoms with E-state index in [1.54, 1.807) is 0 Å². The first-order valence-electron chi connectivity index (χ1n) is 3.42. The molecule has 0 fully saturated rings. The van der Waals surface area contributed by atoms with Crippen LogP contribution in [0.3, 0.4) is 0 Å². The van der Waals surface area contributed by atoms with Gasteiger partial charge in [-0.2, -0.15) is 0 Å². The molecule has 0 bridgehead atoms. The van der Waals surface area contributed by atoms with E-state index in [1.165, 1.54) is 0 Å². The minimum atomic E-state index is -4.27. The van der Waals surface area contributed by atoms with E-state index in [1.807, 2.05) is 0 Å². The average Bonchev–Trinajstić information content (AvgIpc) is 2.00. The highest BCUT2D eigenvalue weighted by Crippen LogP contribution is 2.30. The third-order valence-corrected chi connectivity index (χ3v) is 1.50. The second-order valence-corrected chi connectivity index (χ2v) is 2.86. The Morgan fingerprint density at radius 2 is 1.85 bits per heavy atom. The molecule has 0 aliphatic rings. The monoisotopic (exact) mass is 203 g/mol. The molecule has 0 spiro atoms. The number of halogens is 4. The van der Waals surface area contributed by atoms with Gasteiger partial charge >= 0.3 is 11.8 Å². The van der Waals surface area contributed by atoms with E-state index >= 15 is 0 Å². The normalized spacial score (nSPS) is 18.8. The highest BCUT2D eigenvalue weighted by Gasteiger charge is 2.56. The van der Waals surface area contributed by atoms with Crippen molar-refractivity contribution in [3.05, 3.63) is 0 Å². The van der Waals surface area contributed by atoms with Gasteiger partial charge in [0.1, 0.15) is 0 Å². The van der Waals surface area contributed by atoms with Crippen LogP contribution in [0.4, 0.5) is 17.7 Å². The van der Waals surface area contributed by atoms with Crippen LogP contribution in [0.2, 0.25) is 0 Å². The van der Waals surface area contributed by atoms with Crippen molar-refractivity contribution in [2.45, 2.75) is 25.8 Å². The summed E-state index contributed by atoms with van der Waals surface area (Å²) in [5.41, 5.74) is 0. The van der Waals surface area contributed by atoms with Crippen LogP contribution in [0.5, 0.6) is 0 Å². The molecule has 0 radical (unpaired) electrons. The van der Waals surface area contributed by atoms with Crippen molar-refractivity contribution in [3.63, 3.8) is 0 Å². The fraction of sp³-hybridized carbons (Fsp3) is 0.833. The molecule has 0 aliphatic carbocycles. The number of carbonyl (C=O) groups is 1. The molecule has 13 heavy (non-hydrogen) atoms. The number of hydrogen-bond donors (Lipinski definition) is 1. The second-order valence-electron chi connectivity index (χ2n) is 2.86. The molecular weight excluding hydrogens is 194 g/mol. The summed E-state index contributed by atoms with van der Waals surface area (Å²) in [5.74, 6) is -7.97. The Hall–Kier alpha value is -0.850. The van der Waals surface area contributed by atoms with Gasteiger partial charge in [0.25, 0.3) is 0 Å². The van der Waals surface area contributed by atoms with Crippen LogP contribution in [0.25, 0.3) is 0 Å². The third kappa shape index (κ3) is 2.09. The Kier molecular flexibility index (Phi) is 3.65. The van der Waals surface area contributed by atoms with E-state index in [2.05, 4.69) is 0 Å². The molecule has 0 aliphatic heterocycles. The first kappa shape index (κ1) is 12.2. The molecule has 0 saturated carbocycles. The Balaban J connectivity index is 4.90. The average molecular weight is 203 g/mol. The first-order valence-corrected chi connectivity index (χ1v) is 3.42.